The van der Waals surface area contributed by atoms with Crippen molar-refractivity contribution >= 4 is 5.91 Å². The summed E-state index contributed by atoms with van der Waals surface area (Å²) in [7, 11) is 0. The van der Waals surface area contributed by atoms with E-state index in [-0.39, 0.29) is 12.0 Å². The number of nitrogens with zero attached hydrogens (tertiary/aromatic N) is 1. The average molecular weight is 217 g/mol. The number of primary amides is 1. The molecule has 6 heteroatoms. The number of rotatable bonds is 3. The summed E-state index contributed by atoms with van der Waals surface area (Å²) in [6, 6.07) is 2.60. The molecule has 1 aromatic rings. The molecule has 1 amide bonds. The minimum atomic E-state index is -4.52. The molecule has 0 aliphatic carbocycles. The summed E-state index contributed by atoms with van der Waals surface area (Å²) >= 11 is 0. The van der Waals surface area contributed by atoms with E-state index >= 15 is 0 Å². The van der Waals surface area contributed by atoms with Crippen LogP contribution < -0.4 is 5.73 Å². The molecule has 81 valence electrons. The van der Waals surface area contributed by atoms with Crippen LogP contribution in [0.1, 0.15) is 17.7 Å². The zero-order chi connectivity index (χ0) is 11.5. The fraction of sp³-hybridized carbons (Fsp3) is 0.222. The third-order valence-corrected chi connectivity index (χ3v) is 1.63. The number of pyridine rings is 1. The van der Waals surface area contributed by atoms with E-state index in [0.717, 1.165) is 12.6 Å². The van der Waals surface area contributed by atoms with Gasteiger partial charge in [0.25, 0.3) is 0 Å². The smallest absolute Gasteiger partial charge is 0.370 e. The quantitative estimate of drug-likeness (QED) is 0.834. The standard InChI is InChI=1S/C9H8F3N2O/c10-9(11,12)8-6(2-1-5-14-8)3-4-7(13)15/h1-3,5H,4H2,(H2,13,15). The van der Waals surface area contributed by atoms with Crippen molar-refractivity contribution in [3.63, 3.8) is 0 Å². The Bertz CT molecular complexity index is 363. The number of aromatic nitrogens is 1. The first kappa shape index (κ1) is 11.5. The van der Waals surface area contributed by atoms with Crippen LogP contribution in [0.2, 0.25) is 0 Å². The predicted molar refractivity (Wildman–Crippen MR) is 46.5 cm³/mol. The Hall–Kier alpha value is -1.59. The van der Waals surface area contributed by atoms with Gasteiger partial charge in [0.05, 0.1) is 0 Å². The average Bonchev–Trinajstić information content (AvgIpc) is 2.13. The molecule has 0 bridgehead atoms. The Balaban J connectivity index is 2.92. The van der Waals surface area contributed by atoms with Crippen LogP contribution in [0, 0.1) is 6.42 Å². The molecule has 1 rings (SSSR count). The summed E-state index contributed by atoms with van der Waals surface area (Å²) in [5.74, 6) is -0.688. The summed E-state index contributed by atoms with van der Waals surface area (Å²) in [6.45, 7) is 0. The molecule has 0 spiro atoms. The van der Waals surface area contributed by atoms with Crippen LogP contribution in [-0.4, -0.2) is 10.9 Å². The fourth-order valence-corrected chi connectivity index (χ4v) is 1.03. The highest BCUT2D eigenvalue weighted by molar-refractivity contribution is 5.75. The molecular formula is C9H8F3N2O. The lowest BCUT2D eigenvalue weighted by Crippen LogP contribution is -2.14. The molecule has 0 saturated carbocycles. The maximum Gasteiger partial charge on any atom is 0.433 e. The molecule has 1 radical (unpaired) electrons. The molecular weight excluding hydrogens is 209 g/mol. The third-order valence-electron chi connectivity index (χ3n) is 1.63. The maximum absolute atomic E-state index is 12.4. The normalized spacial score (nSPS) is 11.4. The Kier molecular flexibility index (Phi) is 3.28. The molecule has 0 unspecified atom stereocenters. The van der Waals surface area contributed by atoms with Crippen molar-refractivity contribution in [2.75, 3.05) is 0 Å². The van der Waals surface area contributed by atoms with Gasteiger partial charge < -0.3 is 5.73 Å². The van der Waals surface area contributed by atoms with Gasteiger partial charge in [0.1, 0.15) is 5.69 Å². The number of amides is 1. The first-order chi connectivity index (χ1) is 6.91. The van der Waals surface area contributed by atoms with E-state index < -0.39 is 17.8 Å². The number of carbonyl (C=O) groups excluding carboxylic acids is 1. The van der Waals surface area contributed by atoms with Crippen molar-refractivity contribution in [1.82, 2.24) is 4.98 Å². The molecule has 0 aliphatic heterocycles. The van der Waals surface area contributed by atoms with Gasteiger partial charge in [-0.1, -0.05) is 6.07 Å². The molecule has 0 fully saturated rings. The Labute approximate surface area is 84.1 Å². The molecule has 0 saturated heterocycles. The number of hydrogen-bond donors (Lipinski definition) is 1. The highest BCUT2D eigenvalue weighted by Gasteiger charge is 2.34. The molecule has 0 aromatic carbocycles. The van der Waals surface area contributed by atoms with Crippen molar-refractivity contribution < 1.29 is 18.0 Å². The number of halogens is 3. The van der Waals surface area contributed by atoms with Crippen molar-refractivity contribution in [2.24, 2.45) is 5.73 Å². The van der Waals surface area contributed by atoms with E-state index in [4.69, 9.17) is 5.73 Å². The number of alkyl halides is 3. The second kappa shape index (κ2) is 4.29. The minimum Gasteiger partial charge on any atom is -0.370 e. The van der Waals surface area contributed by atoms with E-state index in [9.17, 15) is 18.0 Å². The van der Waals surface area contributed by atoms with Crippen LogP contribution in [0.25, 0.3) is 0 Å². The highest BCUT2D eigenvalue weighted by atomic mass is 19.4. The van der Waals surface area contributed by atoms with Crippen LogP contribution >= 0.6 is 0 Å². The topological polar surface area (TPSA) is 56.0 Å². The van der Waals surface area contributed by atoms with Crippen molar-refractivity contribution in [1.29, 1.82) is 0 Å². The lowest BCUT2D eigenvalue weighted by molar-refractivity contribution is -0.141. The summed E-state index contributed by atoms with van der Waals surface area (Å²) in [5, 5.41) is 0. The van der Waals surface area contributed by atoms with E-state index in [1.807, 2.05) is 0 Å². The maximum atomic E-state index is 12.4. The van der Waals surface area contributed by atoms with E-state index in [1.165, 1.54) is 12.1 Å². The fourth-order valence-electron chi connectivity index (χ4n) is 1.03. The lowest BCUT2D eigenvalue weighted by Gasteiger charge is -2.09. The van der Waals surface area contributed by atoms with Gasteiger partial charge in [0.2, 0.25) is 5.91 Å². The van der Waals surface area contributed by atoms with Gasteiger partial charge in [-0.3, -0.25) is 9.78 Å². The summed E-state index contributed by atoms with van der Waals surface area (Å²) in [5.41, 5.74) is 3.68. The van der Waals surface area contributed by atoms with Crippen LogP contribution in [0.15, 0.2) is 18.3 Å². The van der Waals surface area contributed by atoms with Crippen molar-refractivity contribution in [2.45, 2.75) is 12.6 Å². The molecule has 1 heterocycles. The second-order valence-corrected chi connectivity index (χ2v) is 2.81. The second-order valence-electron chi connectivity index (χ2n) is 2.81. The van der Waals surface area contributed by atoms with E-state index in [0.29, 0.717) is 0 Å². The van der Waals surface area contributed by atoms with Crippen LogP contribution in [0.3, 0.4) is 0 Å². The molecule has 3 nitrogen and oxygen atoms in total. The van der Waals surface area contributed by atoms with E-state index in [2.05, 4.69) is 4.98 Å². The first-order valence-corrected chi connectivity index (χ1v) is 4.05. The Morgan fingerprint density at radius 2 is 2.20 bits per heavy atom. The summed E-state index contributed by atoms with van der Waals surface area (Å²) in [6.07, 6.45) is -2.61. The van der Waals surface area contributed by atoms with Gasteiger partial charge >= 0.3 is 6.18 Å². The van der Waals surface area contributed by atoms with Crippen molar-refractivity contribution in [3.05, 3.63) is 36.0 Å². The SMILES string of the molecule is NC(=O)C[CH]c1cccnc1C(F)(F)F. The van der Waals surface area contributed by atoms with Crippen LogP contribution in [0.4, 0.5) is 13.2 Å². The highest BCUT2D eigenvalue weighted by Crippen LogP contribution is 2.30. The van der Waals surface area contributed by atoms with Crippen LogP contribution in [0.5, 0.6) is 0 Å². The Morgan fingerprint density at radius 3 is 2.73 bits per heavy atom. The van der Waals surface area contributed by atoms with Gasteiger partial charge in [0.15, 0.2) is 0 Å². The number of carbonyl (C=O) groups is 1. The molecule has 1 aromatic heterocycles. The number of hydrogen-bond acceptors (Lipinski definition) is 2. The molecule has 15 heavy (non-hydrogen) atoms. The van der Waals surface area contributed by atoms with Gasteiger partial charge in [-0.05, 0) is 11.6 Å². The zero-order valence-electron chi connectivity index (χ0n) is 7.58. The summed E-state index contributed by atoms with van der Waals surface area (Å²) < 4.78 is 37.1. The van der Waals surface area contributed by atoms with E-state index in [1.54, 1.807) is 0 Å². The monoisotopic (exact) mass is 217 g/mol. The van der Waals surface area contributed by atoms with Gasteiger partial charge in [0, 0.05) is 19.0 Å². The van der Waals surface area contributed by atoms with Gasteiger partial charge in [-0.15, -0.1) is 0 Å². The van der Waals surface area contributed by atoms with Gasteiger partial charge in [-0.25, -0.2) is 0 Å². The van der Waals surface area contributed by atoms with Crippen molar-refractivity contribution in [3.8, 4) is 0 Å². The molecule has 0 aliphatic rings. The minimum absolute atomic E-state index is 0.135. The first-order valence-electron chi connectivity index (χ1n) is 4.05. The molecule has 2 N–H and O–H groups in total. The predicted octanol–water partition coefficient (Wildman–Crippen LogP) is 1.53. The largest absolute Gasteiger partial charge is 0.433 e. The lowest BCUT2D eigenvalue weighted by atomic mass is 10.1. The van der Waals surface area contributed by atoms with Gasteiger partial charge in [-0.2, -0.15) is 13.2 Å². The Morgan fingerprint density at radius 1 is 1.53 bits per heavy atom. The van der Waals surface area contributed by atoms with Crippen LogP contribution in [-0.2, 0) is 11.0 Å². The zero-order valence-corrected chi connectivity index (χ0v) is 7.58. The summed E-state index contributed by atoms with van der Waals surface area (Å²) in [4.78, 5) is 13.6. The molecule has 0 atom stereocenters. The third kappa shape index (κ3) is 3.23. The number of nitrogens with two attached hydrogens (primary N) is 1.